The Bertz CT molecular complexity index is 794. The first kappa shape index (κ1) is 46.4. The molecule has 268 valence electrons. The first-order valence-corrected chi connectivity index (χ1v) is 19.8. The number of thioether (sulfide) groups is 4. The van der Waals surface area contributed by atoms with Crippen molar-refractivity contribution in [3.8, 4) is 0 Å². The summed E-state index contributed by atoms with van der Waals surface area (Å²) in [5.41, 5.74) is 22.4. The highest BCUT2D eigenvalue weighted by Crippen LogP contribution is 2.23. The standard InChI is InChI=1S/C25H48N4O8S4.C3H4O2/c1-38-9-5-17(26)21(30)34-13-25(14-35-22(31)18(27)6-10-39-2,15-36-23(32)19(28)7-11-40-3)16-37-24(33)20(29)8-12-41-4;1-2-3(4)5/h17-20H,5-16,26-29H2,1-4H3;2H,1H2,(H,4,5)/t17-,18-,19-,20-;/m0./s1. The Morgan fingerprint density at radius 3 is 0.935 bits per heavy atom. The topological polar surface area (TPSA) is 247 Å². The first-order valence-electron chi connectivity index (χ1n) is 14.2. The highest BCUT2D eigenvalue weighted by molar-refractivity contribution is 7.99. The second-order valence-corrected chi connectivity index (χ2v) is 14.0. The van der Waals surface area contributed by atoms with Crippen LogP contribution in [0.5, 0.6) is 0 Å². The predicted octanol–water partition coefficient (Wildman–Crippen LogP) is 0.724. The third-order valence-corrected chi connectivity index (χ3v) is 8.58. The van der Waals surface area contributed by atoms with Crippen molar-refractivity contribution in [1.29, 1.82) is 0 Å². The molecule has 0 saturated carbocycles. The summed E-state index contributed by atoms with van der Waals surface area (Å²) >= 11 is 6.12. The summed E-state index contributed by atoms with van der Waals surface area (Å²) in [7, 11) is 0. The largest absolute Gasteiger partial charge is 0.478 e. The summed E-state index contributed by atoms with van der Waals surface area (Å²) in [5.74, 6) is -1.20. The molecule has 0 unspecified atom stereocenters. The van der Waals surface area contributed by atoms with Crippen LogP contribution in [0.4, 0.5) is 0 Å². The van der Waals surface area contributed by atoms with E-state index in [-0.39, 0.29) is 0 Å². The molecular weight excluding hydrogens is 681 g/mol. The Hall–Kier alpha value is -1.67. The number of carbonyl (C=O) groups excluding carboxylic acids is 4. The summed E-state index contributed by atoms with van der Waals surface area (Å²) in [6.45, 7) is 1.27. The summed E-state index contributed by atoms with van der Waals surface area (Å²) < 4.78 is 22.0. The molecule has 0 heterocycles. The van der Waals surface area contributed by atoms with Gasteiger partial charge in [0.1, 0.15) is 56.0 Å². The van der Waals surface area contributed by atoms with Gasteiger partial charge < -0.3 is 47.0 Å². The fourth-order valence-electron chi connectivity index (χ4n) is 3.03. The first-order chi connectivity index (χ1) is 21.7. The minimum atomic E-state index is -1.46. The van der Waals surface area contributed by atoms with Gasteiger partial charge in [0.05, 0.1) is 0 Å². The van der Waals surface area contributed by atoms with E-state index >= 15 is 0 Å². The zero-order valence-corrected chi connectivity index (χ0v) is 30.4. The molecule has 0 spiro atoms. The van der Waals surface area contributed by atoms with Crippen molar-refractivity contribution in [3.63, 3.8) is 0 Å². The summed E-state index contributed by atoms with van der Waals surface area (Å²) in [5, 5.41) is 7.60. The van der Waals surface area contributed by atoms with Gasteiger partial charge in [-0.05, 0) is 73.7 Å². The molecule has 4 atom stereocenters. The SMILES string of the molecule is C=CC(=O)O.CSCC[C@H](N)C(=O)OCC(COC(=O)[C@@H](N)CCSC)(COC(=O)[C@@H](N)CCSC)COC(=O)[C@@H](N)CCSC. The molecule has 0 aromatic carbocycles. The molecule has 18 heteroatoms. The van der Waals surface area contributed by atoms with E-state index < -0.39 is 85.9 Å². The van der Waals surface area contributed by atoms with Crippen LogP contribution in [0, 0.1) is 5.41 Å². The molecule has 0 aromatic heterocycles. The molecule has 0 fully saturated rings. The van der Waals surface area contributed by atoms with E-state index in [1.165, 1.54) is 47.0 Å². The number of hydrogen-bond acceptors (Lipinski definition) is 17. The molecule has 0 aliphatic rings. The highest BCUT2D eigenvalue weighted by atomic mass is 32.2. The smallest absolute Gasteiger partial charge is 0.327 e. The zero-order valence-electron chi connectivity index (χ0n) is 27.1. The van der Waals surface area contributed by atoms with Crippen LogP contribution < -0.4 is 22.9 Å². The average Bonchev–Trinajstić information content (AvgIpc) is 3.05. The van der Waals surface area contributed by atoms with E-state index in [9.17, 15) is 24.0 Å². The number of carboxylic acid groups (broad SMARTS) is 1. The van der Waals surface area contributed by atoms with Gasteiger partial charge in [0.15, 0.2) is 0 Å². The molecular formula is C28H52N4O10S4. The predicted molar refractivity (Wildman–Crippen MR) is 188 cm³/mol. The minimum absolute atomic E-state index is 0.380. The third-order valence-electron chi connectivity index (χ3n) is 6.00. The van der Waals surface area contributed by atoms with Crippen LogP contribution in [-0.4, -0.2) is 134 Å². The lowest BCUT2D eigenvalue weighted by Gasteiger charge is -2.33. The Labute approximate surface area is 289 Å². The molecule has 46 heavy (non-hydrogen) atoms. The van der Waals surface area contributed by atoms with Crippen molar-refractivity contribution in [2.45, 2.75) is 49.9 Å². The molecule has 0 aromatic rings. The van der Waals surface area contributed by atoms with Crippen molar-refractivity contribution in [2.75, 3.05) is 74.5 Å². The summed E-state index contributed by atoms with van der Waals surface area (Å²) in [6.07, 6.45) is 9.90. The lowest BCUT2D eigenvalue weighted by atomic mass is 9.92. The van der Waals surface area contributed by atoms with Crippen molar-refractivity contribution in [2.24, 2.45) is 28.3 Å². The summed E-state index contributed by atoms with van der Waals surface area (Å²) in [6, 6.07) is -3.58. The average molecular weight is 733 g/mol. The number of nitrogens with two attached hydrogens (primary N) is 4. The van der Waals surface area contributed by atoms with E-state index in [0.29, 0.717) is 48.7 Å². The number of esters is 4. The van der Waals surface area contributed by atoms with Crippen molar-refractivity contribution < 1.29 is 48.0 Å². The van der Waals surface area contributed by atoms with Crippen LogP contribution >= 0.6 is 47.0 Å². The Balaban J connectivity index is 0. The molecule has 0 aliphatic carbocycles. The van der Waals surface area contributed by atoms with E-state index in [1.807, 2.05) is 25.0 Å². The minimum Gasteiger partial charge on any atom is -0.478 e. The second-order valence-electron chi connectivity index (χ2n) is 10.0. The maximum atomic E-state index is 12.6. The second kappa shape index (κ2) is 28.4. The van der Waals surface area contributed by atoms with Gasteiger partial charge in [-0.25, -0.2) is 4.79 Å². The Kier molecular flexibility index (Phi) is 28.6. The van der Waals surface area contributed by atoms with Crippen LogP contribution in [0.2, 0.25) is 0 Å². The lowest BCUT2D eigenvalue weighted by molar-refractivity contribution is -0.172. The monoisotopic (exact) mass is 732 g/mol. The van der Waals surface area contributed by atoms with Crippen molar-refractivity contribution in [3.05, 3.63) is 12.7 Å². The summed E-state index contributed by atoms with van der Waals surface area (Å²) in [4.78, 5) is 59.8. The quantitative estimate of drug-likeness (QED) is 0.0493. The van der Waals surface area contributed by atoms with Gasteiger partial charge in [-0.2, -0.15) is 47.0 Å². The Morgan fingerprint density at radius 2 is 0.783 bits per heavy atom. The van der Waals surface area contributed by atoms with E-state index in [1.54, 1.807) is 0 Å². The maximum Gasteiger partial charge on any atom is 0.327 e. The number of hydrogen-bond donors (Lipinski definition) is 5. The zero-order chi connectivity index (χ0) is 35.5. The molecule has 9 N–H and O–H groups in total. The van der Waals surface area contributed by atoms with Gasteiger partial charge in [0.25, 0.3) is 0 Å². The van der Waals surface area contributed by atoms with Gasteiger partial charge in [0, 0.05) is 6.08 Å². The molecule has 14 nitrogen and oxygen atoms in total. The number of aliphatic carboxylic acids is 1. The third kappa shape index (κ3) is 22.8. The van der Waals surface area contributed by atoms with Gasteiger partial charge >= 0.3 is 29.8 Å². The van der Waals surface area contributed by atoms with E-state index in [0.717, 1.165) is 6.08 Å². The number of carbonyl (C=O) groups is 5. The number of ether oxygens (including phenoxy) is 4. The fraction of sp³-hybridized carbons (Fsp3) is 0.750. The molecule has 0 bridgehead atoms. The van der Waals surface area contributed by atoms with E-state index in [4.69, 9.17) is 47.0 Å². The fourth-order valence-corrected chi connectivity index (χ4v) is 4.98. The molecule has 0 radical (unpaired) electrons. The van der Waals surface area contributed by atoms with Gasteiger partial charge in [-0.1, -0.05) is 6.58 Å². The normalized spacial score (nSPS) is 13.6. The highest BCUT2D eigenvalue weighted by Gasteiger charge is 2.39. The van der Waals surface area contributed by atoms with Crippen LogP contribution in [0.1, 0.15) is 25.7 Å². The molecule has 0 amide bonds. The van der Waals surface area contributed by atoms with Gasteiger partial charge in [0.2, 0.25) is 0 Å². The van der Waals surface area contributed by atoms with Gasteiger partial charge in [-0.15, -0.1) is 0 Å². The van der Waals surface area contributed by atoms with Crippen LogP contribution in [0.25, 0.3) is 0 Å². The van der Waals surface area contributed by atoms with Crippen molar-refractivity contribution in [1.82, 2.24) is 0 Å². The molecule has 0 rings (SSSR count). The van der Waals surface area contributed by atoms with Crippen LogP contribution in [-0.2, 0) is 42.9 Å². The van der Waals surface area contributed by atoms with Gasteiger partial charge in [-0.3, -0.25) is 19.2 Å². The molecule has 0 aliphatic heterocycles. The Morgan fingerprint density at radius 1 is 0.587 bits per heavy atom. The number of carboxylic acids is 1. The molecule has 0 saturated heterocycles. The lowest BCUT2D eigenvalue weighted by Crippen LogP contribution is -2.48. The van der Waals surface area contributed by atoms with Crippen molar-refractivity contribution >= 4 is 76.9 Å². The van der Waals surface area contributed by atoms with Crippen LogP contribution in [0.3, 0.4) is 0 Å². The number of rotatable bonds is 25. The van der Waals surface area contributed by atoms with Crippen LogP contribution in [0.15, 0.2) is 12.7 Å². The van der Waals surface area contributed by atoms with E-state index in [2.05, 4.69) is 6.58 Å². The maximum absolute atomic E-state index is 12.6.